The molecule has 82 valence electrons. The summed E-state index contributed by atoms with van der Waals surface area (Å²) in [7, 11) is 1.79. The molecule has 0 saturated heterocycles. The number of amides is 1. The van der Waals surface area contributed by atoms with Crippen molar-refractivity contribution in [1.82, 2.24) is 0 Å². The standard InChI is InChI=1S/C12H13N3O/c1-15-11-4-3-10(14-7-6-13)8-9(11)2-5-12(15)16/h3-4,8,14H,2,5,7H2,1H3. The molecule has 0 fully saturated rings. The van der Waals surface area contributed by atoms with Gasteiger partial charge in [0.05, 0.1) is 6.07 Å². The lowest BCUT2D eigenvalue weighted by atomic mass is 10.0. The van der Waals surface area contributed by atoms with Crippen LogP contribution in [0, 0.1) is 11.3 Å². The second-order valence-corrected chi connectivity index (χ2v) is 3.81. The van der Waals surface area contributed by atoms with Crippen molar-refractivity contribution >= 4 is 17.3 Å². The molecule has 4 nitrogen and oxygen atoms in total. The summed E-state index contributed by atoms with van der Waals surface area (Å²) >= 11 is 0. The van der Waals surface area contributed by atoms with E-state index in [1.165, 1.54) is 0 Å². The first-order valence-electron chi connectivity index (χ1n) is 5.22. The van der Waals surface area contributed by atoms with Crippen molar-refractivity contribution in [2.45, 2.75) is 12.8 Å². The highest BCUT2D eigenvalue weighted by molar-refractivity contribution is 5.96. The zero-order valence-corrected chi connectivity index (χ0v) is 9.16. The molecule has 1 aromatic rings. The minimum Gasteiger partial charge on any atom is -0.372 e. The molecule has 1 aliphatic rings. The van der Waals surface area contributed by atoms with Gasteiger partial charge in [0.15, 0.2) is 0 Å². The van der Waals surface area contributed by atoms with Crippen LogP contribution >= 0.6 is 0 Å². The van der Waals surface area contributed by atoms with E-state index in [0.717, 1.165) is 23.4 Å². The molecule has 0 bridgehead atoms. The Balaban J connectivity index is 2.27. The monoisotopic (exact) mass is 215 g/mol. The highest BCUT2D eigenvalue weighted by atomic mass is 16.2. The second-order valence-electron chi connectivity index (χ2n) is 3.81. The number of nitriles is 1. The van der Waals surface area contributed by atoms with Gasteiger partial charge < -0.3 is 10.2 Å². The minimum absolute atomic E-state index is 0.158. The Hall–Kier alpha value is -2.02. The van der Waals surface area contributed by atoms with Gasteiger partial charge in [0.25, 0.3) is 0 Å². The minimum atomic E-state index is 0.158. The first-order chi connectivity index (χ1) is 7.72. The van der Waals surface area contributed by atoms with Crippen molar-refractivity contribution in [3.05, 3.63) is 23.8 Å². The Labute approximate surface area is 94.5 Å². The molecule has 1 N–H and O–H groups in total. The predicted octanol–water partition coefficient (Wildman–Crippen LogP) is 1.53. The first kappa shape index (κ1) is 10.5. The van der Waals surface area contributed by atoms with Gasteiger partial charge in [-0.3, -0.25) is 4.79 Å². The molecule has 1 aromatic carbocycles. The maximum Gasteiger partial charge on any atom is 0.227 e. The van der Waals surface area contributed by atoms with Crippen LogP contribution in [0.15, 0.2) is 18.2 Å². The van der Waals surface area contributed by atoms with E-state index in [2.05, 4.69) is 5.32 Å². The number of carbonyl (C=O) groups excluding carboxylic acids is 1. The normalized spacial score (nSPS) is 14.2. The fourth-order valence-electron chi connectivity index (χ4n) is 1.91. The molecule has 0 aliphatic carbocycles. The Morgan fingerprint density at radius 1 is 1.50 bits per heavy atom. The van der Waals surface area contributed by atoms with Gasteiger partial charge in [-0.1, -0.05) is 0 Å². The number of nitrogens with one attached hydrogen (secondary N) is 1. The summed E-state index contributed by atoms with van der Waals surface area (Å²) in [5, 5.41) is 11.5. The zero-order valence-electron chi connectivity index (χ0n) is 9.16. The lowest BCUT2D eigenvalue weighted by Gasteiger charge is -2.26. The van der Waals surface area contributed by atoms with Gasteiger partial charge in [-0.15, -0.1) is 0 Å². The van der Waals surface area contributed by atoms with Gasteiger partial charge in [-0.25, -0.2) is 0 Å². The number of aryl methyl sites for hydroxylation is 1. The molecule has 16 heavy (non-hydrogen) atoms. The van der Waals surface area contributed by atoms with Gasteiger partial charge in [-0.2, -0.15) is 5.26 Å². The van der Waals surface area contributed by atoms with Crippen LogP contribution in [-0.2, 0) is 11.2 Å². The van der Waals surface area contributed by atoms with Crippen molar-refractivity contribution < 1.29 is 4.79 Å². The molecule has 1 amide bonds. The van der Waals surface area contributed by atoms with E-state index in [1.807, 2.05) is 24.3 Å². The fraction of sp³-hybridized carbons (Fsp3) is 0.333. The molecular formula is C12H13N3O. The number of benzene rings is 1. The van der Waals surface area contributed by atoms with Gasteiger partial charge in [0.2, 0.25) is 5.91 Å². The smallest absolute Gasteiger partial charge is 0.227 e. The molecule has 1 aliphatic heterocycles. The van der Waals surface area contributed by atoms with Crippen LogP contribution in [0.2, 0.25) is 0 Å². The largest absolute Gasteiger partial charge is 0.372 e. The highest BCUT2D eigenvalue weighted by Gasteiger charge is 2.20. The van der Waals surface area contributed by atoms with E-state index in [-0.39, 0.29) is 5.91 Å². The van der Waals surface area contributed by atoms with E-state index in [0.29, 0.717) is 13.0 Å². The van der Waals surface area contributed by atoms with E-state index in [4.69, 9.17) is 5.26 Å². The summed E-state index contributed by atoms with van der Waals surface area (Å²) in [5.41, 5.74) is 3.06. The van der Waals surface area contributed by atoms with Crippen molar-refractivity contribution in [2.24, 2.45) is 0 Å². The number of nitrogens with zero attached hydrogens (tertiary/aromatic N) is 2. The third kappa shape index (κ3) is 1.84. The number of anilines is 2. The number of carbonyl (C=O) groups is 1. The zero-order chi connectivity index (χ0) is 11.5. The molecule has 0 radical (unpaired) electrons. The maximum atomic E-state index is 11.5. The Morgan fingerprint density at radius 3 is 3.06 bits per heavy atom. The molecule has 0 aromatic heterocycles. The molecule has 0 saturated carbocycles. The van der Waals surface area contributed by atoms with E-state index < -0.39 is 0 Å². The lowest BCUT2D eigenvalue weighted by molar-refractivity contribution is -0.118. The summed E-state index contributed by atoms with van der Waals surface area (Å²) in [6.45, 7) is 0.299. The maximum absolute atomic E-state index is 11.5. The van der Waals surface area contributed by atoms with Crippen LogP contribution in [0.5, 0.6) is 0 Å². The average Bonchev–Trinajstić information content (AvgIpc) is 2.31. The average molecular weight is 215 g/mol. The predicted molar refractivity (Wildman–Crippen MR) is 62.3 cm³/mol. The van der Waals surface area contributed by atoms with Crippen molar-refractivity contribution in [3.8, 4) is 6.07 Å². The van der Waals surface area contributed by atoms with Gasteiger partial charge >= 0.3 is 0 Å². The van der Waals surface area contributed by atoms with E-state index in [9.17, 15) is 4.79 Å². The third-order valence-corrected chi connectivity index (χ3v) is 2.79. The van der Waals surface area contributed by atoms with Crippen LogP contribution in [0.3, 0.4) is 0 Å². The quantitative estimate of drug-likeness (QED) is 0.761. The number of rotatable bonds is 2. The summed E-state index contributed by atoms with van der Waals surface area (Å²) in [4.78, 5) is 13.2. The molecule has 0 atom stereocenters. The van der Waals surface area contributed by atoms with Crippen LogP contribution in [0.4, 0.5) is 11.4 Å². The summed E-state index contributed by atoms with van der Waals surface area (Å²) in [6.07, 6.45) is 1.34. The van der Waals surface area contributed by atoms with E-state index >= 15 is 0 Å². The Morgan fingerprint density at radius 2 is 2.31 bits per heavy atom. The molecule has 1 heterocycles. The first-order valence-corrected chi connectivity index (χ1v) is 5.22. The highest BCUT2D eigenvalue weighted by Crippen LogP contribution is 2.28. The Kier molecular flexibility index (Phi) is 2.78. The van der Waals surface area contributed by atoms with Crippen LogP contribution in [0.1, 0.15) is 12.0 Å². The number of fused-ring (bicyclic) bond motifs is 1. The molecule has 4 heteroatoms. The fourth-order valence-corrected chi connectivity index (χ4v) is 1.91. The van der Waals surface area contributed by atoms with Gasteiger partial charge in [0.1, 0.15) is 6.54 Å². The van der Waals surface area contributed by atoms with Crippen LogP contribution in [-0.4, -0.2) is 19.5 Å². The van der Waals surface area contributed by atoms with E-state index in [1.54, 1.807) is 11.9 Å². The van der Waals surface area contributed by atoms with Gasteiger partial charge in [-0.05, 0) is 30.2 Å². The number of hydrogen-bond acceptors (Lipinski definition) is 3. The van der Waals surface area contributed by atoms with Crippen LogP contribution < -0.4 is 10.2 Å². The SMILES string of the molecule is CN1C(=O)CCc2cc(NCC#N)ccc21. The second kappa shape index (κ2) is 4.23. The lowest BCUT2D eigenvalue weighted by Crippen LogP contribution is -2.31. The third-order valence-electron chi connectivity index (χ3n) is 2.79. The van der Waals surface area contributed by atoms with Gasteiger partial charge in [0, 0.05) is 24.8 Å². The van der Waals surface area contributed by atoms with Crippen molar-refractivity contribution in [2.75, 3.05) is 23.8 Å². The molecule has 0 unspecified atom stereocenters. The molecule has 2 rings (SSSR count). The van der Waals surface area contributed by atoms with Crippen molar-refractivity contribution in [1.29, 1.82) is 5.26 Å². The molecule has 0 spiro atoms. The topological polar surface area (TPSA) is 56.1 Å². The summed E-state index contributed by atoms with van der Waals surface area (Å²) in [5.74, 6) is 0.158. The Bertz CT molecular complexity index is 462. The number of hydrogen-bond donors (Lipinski definition) is 1. The summed E-state index contributed by atoms with van der Waals surface area (Å²) < 4.78 is 0. The molecular weight excluding hydrogens is 202 g/mol. The van der Waals surface area contributed by atoms with Crippen molar-refractivity contribution in [3.63, 3.8) is 0 Å². The summed E-state index contributed by atoms with van der Waals surface area (Å²) in [6, 6.07) is 7.86. The van der Waals surface area contributed by atoms with Crippen LogP contribution in [0.25, 0.3) is 0 Å².